The summed E-state index contributed by atoms with van der Waals surface area (Å²) in [5.41, 5.74) is 3.37. The molecule has 0 bridgehead atoms. The highest BCUT2D eigenvalue weighted by Crippen LogP contribution is 2.33. The van der Waals surface area contributed by atoms with Crippen molar-refractivity contribution in [1.29, 1.82) is 0 Å². The molecule has 2 aromatic rings. The van der Waals surface area contributed by atoms with Crippen LogP contribution in [0.5, 0.6) is 0 Å². The maximum absolute atomic E-state index is 12.6. The predicted molar refractivity (Wildman–Crippen MR) is 93.8 cm³/mol. The average Bonchev–Trinajstić information content (AvgIpc) is 3.15. The van der Waals surface area contributed by atoms with Crippen LogP contribution in [0.25, 0.3) is 11.0 Å². The molecule has 4 amide bonds. The SMILES string of the molecule is O=C(CCc1nc2ccccc2[nH]1)NN1C(=O)NC2(CCCCC2)C1=O. The highest BCUT2D eigenvalue weighted by molar-refractivity contribution is 6.08. The first-order valence-corrected chi connectivity index (χ1v) is 8.97. The number of fused-ring (bicyclic) bond motifs is 1. The number of hydrogen-bond acceptors (Lipinski definition) is 4. The van der Waals surface area contributed by atoms with Crippen LogP contribution in [0.3, 0.4) is 0 Å². The number of imidazole rings is 1. The molecule has 3 N–H and O–H groups in total. The Balaban J connectivity index is 1.37. The average molecular weight is 355 g/mol. The first-order chi connectivity index (χ1) is 12.6. The summed E-state index contributed by atoms with van der Waals surface area (Å²) in [7, 11) is 0. The summed E-state index contributed by atoms with van der Waals surface area (Å²) in [6, 6.07) is 7.08. The number of imide groups is 1. The van der Waals surface area contributed by atoms with E-state index in [1.807, 2.05) is 24.3 Å². The van der Waals surface area contributed by atoms with Gasteiger partial charge in [-0.1, -0.05) is 31.4 Å². The van der Waals surface area contributed by atoms with Crippen LogP contribution in [-0.2, 0) is 16.0 Å². The number of aromatic amines is 1. The van der Waals surface area contributed by atoms with Crippen LogP contribution in [0.15, 0.2) is 24.3 Å². The number of rotatable bonds is 4. The summed E-state index contributed by atoms with van der Waals surface area (Å²) in [6.45, 7) is 0. The Morgan fingerprint density at radius 3 is 2.73 bits per heavy atom. The Hall–Kier alpha value is -2.90. The van der Waals surface area contributed by atoms with Gasteiger partial charge in [-0.25, -0.2) is 9.78 Å². The van der Waals surface area contributed by atoms with E-state index in [0.717, 1.165) is 35.3 Å². The zero-order valence-corrected chi connectivity index (χ0v) is 14.4. The van der Waals surface area contributed by atoms with E-state index in [-0.39, 0.29) is 18.2 Å². The van der Waals surface area contributed by atoms with Crippen molar-refractivity contribution in [1.82, 2.24) is 25.7 Å². The number of urea groups is 1. The second-order valence-electron chi connectivity index (χ2n) is 6.95. The molecule has 136 valence electrons. The van der Waals surface area contributed by atoms with Gasteiger partial charge in [0.2, 0.25) is 5.91 Å². The molecule has 8 nitrogen and oxygen atoms in total. The number of carbonyl (C=O) groups is 3. The number of para-hydroxylation sites is 2. The third kappa shape index (κ3) is 2.91. The summed E-state index contributed by atoms with van der Waals surface area (Å²) >= 11 is 0. The van der Waals surface area contributed by atoms with E-state index in [1.165, 1.54) is 0 Å². The number of benzene rings is 1. The Morgan fingerprint density at radius 1 is 1.19 bits per heavy atom. The van der Waals surface area contributed by atoms with Crippen molar-refractivity contribution in [2.45, 2.75) is 50.5 Å². The molecule has 1 aliphatic carbocycles. The minimum atomic E-state index is -0.832. The van der Waals surface area contributed by atoms with Crippen LogP contribution in [-0.4, -0.2) is 38.4 Å². The molecule has 1 aromatic carbocycles. The van der Waals surface area contributed by atoms with Gasteiger partial charge in [-0.05, 0) is 25.0 Å². The van der Waals surface area contributed by atoms with Gasteiger partial charge in [0, 0.05) is 12.8 Å². The van der Waals surface area contributed by atoms with Crippen molar-refractivity contribution in [2.75, 3.05) is 0 Å². The fraction of sp³-hybridized carbons (Fsp3) is 0.444. The number of amides is 4. The van der Waals surface area contributed by atoms with Crippen molar-refractivity contribution >= 4 is 28.9 Å². The molecule has 0 atom stereocenters. The molecule has 2 aliphatic rings. The number of hydrogen-bond donors (Lipinski definition) is 3. The molecule has 1 spiro atoms. The molecule has 1 aromatic heterocycles. The fourth-order valence-corrected chi connectivity index (χ4v) is 3.75. The standard InChI is InChI=1S/C18H21N5O3/c24-15(9-8-14-19-12-6-2-3-7-13(12)20-14)22-23-16(25)18(21-17(23)26)10-4-1-5-11-18/h2-3,6-7H,1,4-5,8-11H2,(H,19,20)(H,21,26)(H,22,24). The van der Waals surface area contributed by atoms with Crippen molar-refractivity contribution in [3.8, 4) is 0 Å². The first-order valence-electron chi connectivity index (χ1n) is 8.97. The minimum absolute atomic E-state index is 0.129. The van der Waals surface area contributed by atoms with Crippen LogP contribution < -0.4 is 10.7 Å². The smallest absolute Gasteiger partial charge is 0.342 e. The number of H-pyrrole nitrogens is 1. The Bertz CT molecular complexity index is 836. The normalized spacial score (nSPS) is 19.2. The van der Waals surface area contributed by atoms with E-state index < -0.39 is 11.6 Å². The molecule has 4 rings (SSSR count). The molecular weight excluding hydrogens is 334 g/mol. The number of nitrogens with one attached hydrogen (secondary N) is 3. The molecule has 2 fully saturated rings. The zero-order chi connectivity index (χ0) is 18.1. The lowest BCUT2D eigenvalue weighted by Crippen LogP contribution is -2.51. The lowest BCUT2D eigenvalue weighted by molar-refractivity contribution is -0.139. The van der Waals surface area contributed by atoms with E-state index in [1.54, 1.807) is 0 Å². The number of hydrazine groups is 1. The van der Waals surface area contributed by atoms with Crippen LogP contribution >= 0.6 is 0 Å². The molecule has 0 unspecified atom stereocenters. The van der Waals surface area contributed by atoms with Crippen molar-refractivity contribution in [2.24, 2.45) is 0 Å². The van der Waals surface area contributed by atoms with E-state index in [2.05, 4.69) is 20.7 Å². The van der Waals surface area contributed by atoms with Crippen LogP contribution in [0.2, 0.25) is 0 Å². The quantitative estimate of drug-likeness (QED) is 0.727. The van der Waals surface area contributed by atoms with Crippen molar-refractivity contribution in [3.05, 3.63) is 30.1 Å². The zero-order valence-electron chi connectivity index (χ0n) is 14.4. The number of aromatic nitrogens is 2. The molecule has 0 radical (unpaired) electrons. The van der Waals surface area contributed by atoms with E-state index in [0.29, 0.717) is 25.1 Å². The topological polar surface area (TPSA) is 107 Å². The van der Waals surface area contributed by atoms with Gasteiger partial charge in [-0.2, -0.15) is 5.01 Å². The summed E-state index contributed by atoms with van der Waals surface area (Å²) < 4.78 is 0. The largest absolute Gasteiger partial charge is 0.344 e. The maximum Gasteiger partial charge on any atom is 0.344 e. The fourth-order valence-electron chi connectivity index (χ4n) is 3.75. The highest BCUT2D eigenvalue weighted by atomic mass is 16.2. The Kier molecular flexibility index (Phi) is 4.10. The van der Waals surface area contributed by atoms with Gasteiger partial charge in [0.25, 0.3) is 5.91 Å². The van der Waals surface area contributed by atoms with Crippen molar-refractivity contribution in [3.63, 3.8) is 0 Å². The minimum Gasteiger partial charge on any atom is -0.342 e. The monoisotopic (exact) mass is 355 g/mol. The van der Waals surface area contributed by atoms with E-state index in [9.17, 15) is 14.4 Å². The second-order valence-corrected chi connectivity index (χ2v) is 6.95. The number of nitrogens with zero attached hydrogens (tertiary/aromatic N) is 2. The molecule has 8 heteroatoms. The van der Waals surface area contributed by atoms with Gasteiger partial charge in [0.05, 0.1) is 11.0 Å². The highest BCUT2D eigenvalue weighted by Gasteiger charge is 2.52. The summed E-state index contributed by atoms with van der Waals surface area (Å²) in [5, 5.41) is 3.61. The van der Waals surface area contributed by atoms with Gasteiger partial charge < -0.3 is 10.3 Å². The van der Waals surface area contributed by atoms with Crippen LogP contribution in [0.1, 0.15) is 44.3 Å². The van der Waals surface area contributed by atoms with Crippen LogP contribution in [0, 0.1) is 0 Å². The first kappa shape index (κ1) is 16.6. The second kappa shape index (κ2) is 6.44. The summed E-state index contributed by atoms with van der Waals surface area (Å²) in [5.74, 6) is -0.0385. The van der Waals surface area contributed by atoms with Gasteiger partial charge in [0.15, 0.2) is 0 Å². The molecule has 1 saturated carbocycles. The van der Waals surface area contributed by atoms with E-state index in [4.69, 9.17) is 0 Å². The van der Waals surface area contributed by atoms with Gasteiger partial charge in [-0.3, -0.25) is 15.0 Å². The van der Waals surface area contributed by atoms with Crippen molar-refractivity contribution < 1.29 is 14.4 Å². The third-order valence-electron chi connectivity index (χ3n) is 5.13. The Morgan fingerprint density at radius 2 is 1.96 bits per heavy atom. The lowest BCUT2D eigenvalue weighted by Gasteiger charge is -2.30. The summed E-state index contributed by atoms with van der Waals surface area (Å²) in [4.78, 5) is 44.6. The molecular formula is C18H21N5O3. The van der Waals surface area contributed by atoms with Gasteiger partial charge in [0.1, 0.15) is 11.4 Å². The predicted octanol–water partition coefficient (Wildman–Crippen LogP) is 1.78. The summed E-state index contributed by atoms with van der Waals surface area (Å²) in [6.07, 6.45) is 4.65. The lowest BCUT2D eigenvalue weighted by atomic mass is 9.82. The molecule has 1 aliphatic heterocycles. The Labute approximate surface area is 150 Å². The number of aryl methyl sites for hydroxylation is 1. The molecule has 1 saturated heterocycles. The number of carbonyl (C=O) groups excluding carboxylic acids is 3. The maximum atomic E-state index is 12.6. The molecule has 2 heterocycles. The van der Waals surface area contributed by atoms with Crippen LogP contribution in [0.4, 0.5) is 4.79 Å². The van der Waals surface area contributed by atoms with Gasteiger partial charge in [-0.15, -0.1) is 0 Å². The van der Waals surface area contributed by atoms with Gasteiger partial charge >= 0.3 is 6.03 Å². The third-order valence-corrected chi connectivity index (χ3v) is 5.13. The molecule has 26 heavy (non-hydrogen) atoms. The van der Waals surface area contributed by atoms with E-state index >= 15 is 0 Å².